The molecule has 21 heavy (non-hydrogen) atoms. The number of pyridine rings is 1. The fourth-order valence-corrected chi connectivity index (χ4v) is 2.59. The molecular weight excluding hydrogens is 266 g/mol. The van der Waals surface area contributed by atoms with Crippen LogP contribution in [0.1, 0.15) is 34.8 Å². The van der Waals surface area contributed by atoms with Crippen LogP contribution in [0.5, 0.6) is 0 Å². The van der Waals surface area contributed by atoms with Crippen molar-refractivity contribution in [1.29, 1.82) is 0 Å². The van der Waals surface area contributed by atoms with E-state index in [0.29, 0.717) is 17.3 Å². The van der Waals surface area contributed by atoms with E-state index in [2.05, 4.69) is 26.9 Å². The molecule has 6 heteroatoms. The zero-order valence-corrected chi connectivity index (χ0v) is 12.0. The van der Waals surface area contributed by atoms with Crippen LogP contribution < -0.4 is 10.6 Å². The summed E-state index contributed by atoms with van der Waals surface area (Å²) in [6.07, 6.45) is 8.43. The summed E-state index contributed by atoms with van der Waals surface area (Å²) in [4.78, 5) is 15.1. The van der Waals surface area contributed by atoms with Crippen LogP contribution in [0.15, 0.2) is 24.7 Å². The fraction of sp³-hybridized carbons (Fsp3) is 0.400. The minimum absolute atomic E-state index is 0.396. The predicted molar refractivity (Wildman–Crippen MR) is 81.0 cm³/mol. The molecule has 1 unspecified atom stereocenters. The minimum atomic E-state index is 0.396. The van der Waals surface area contributed by atoms with Crippen molar-refractivity contribution < 1.29 is 4.79 Å². The maximum Gasteiger partial charge on any atom is 0.155 e. The van der Waals surface area contributed by atoms with Crippen LogP contribution in [0.4, 0.5) is 11.5 Å². The number of hydrogen-bond acceptors (Lipinski definition) is 5. The van der Waals surface area contributed by atoms with Gasteiger partial charge in [-0.25, -0.2) is 0 Å². The molecule has 0 aromatic carbocycles. The highest BCUT2D eigenvalue weighted by molar-refractivity contribution is 5.85. The Morgan fingerprint density at radius 3 is 3.19 bits per heavy atom. The molecule has 3 heterocycles. The Hall–Kier alpha value is -2.21. The van der Waals surface area contributed by atoms with Crippen molar-refractivity contribution in [1.82, 2.24) is 20.1 Å². The highest BCUT2D eigenvalue weighted by Crippen LogP contribution is 2.23. The normalized spacial score (nSPS) is 18.4. The lowest BCUT2D eigenvalue weighted by Crippen LogP contribution is -2.31. The maximum atomic E-state index is 11.1. The van der Waals surface area contributed by atoms with Crippen molar-refractivity contribution in [2.75, 3.05) is 18.4 Å². The fourth-order valence-electron chi connectivity index (χ4n) is 2.59. The number of piperidine rings is 1. The Bertz CT molecular complexity index is 631. The van der Waals surface area contributed by atoms with Gasteiger partial charge in [-0.15, -0.1) is 0 Å². The summed E-state index contributed by atoms with van der Waals surface area (Å²) in [5.74, 6) is 0.775. The zero-order valence-electron chi connectivity index (χ0n) is 12.0. The van der Waals surface area contributed by atoms with Crippen LogP contribution >= 0.6 is 0 Å². The van der Waals surface area contributed by atoms with Crippen LogP contribution in [0.2, 0.25) is 0 Å². The first kappa shape index (κ1) is 13.8. The molecule has 3 rings (SSSR count). The molecule has 2 aromatic heterocycles. The molecule has 0 aliphatic carbocycles. The lowest BCUT2D eigenvalue weighted by atomic mass is 10.1. The molecule has 0 spiro atoms. The number of aryl methyl sites for hydroxylation is 1. The Morgan fingerprint density at radius 2 is 2.43 bits per heavy atom. The summed E-state index contributed by atoms with van der Waals surface area (Å²) in [5.41, 5.74) is 2.32. The predicted octanol–water partition coefficient (Wildman–Crippen LogP) is 2.07. The molecule has 110 valence electrons. The molecule has 0 bridgehead atoms. The summed E-state index contributed by atoms with van der Waals surface area (Å²) >= 11 is 0. The average Bonchev–Trinajstić information content (AvgIpc) is 2.90. The third kappa shape index (κ3) is 2.95. The molecule has 2 aromatic rings. The number of nitrogens with one attached hydrogen (secondary N) is 2. The van der Waals surface area contributed by atoms with Crippen molar-refractivity contribution in [3.05, 3.63) is 35.8 Å². The lowest BCUT2D eigenvalue weighted by Gasteiger charge is -2.22. The highest BCUT2D eigenvalue weighted by atomic mass is 16.1. The second-order valence-corrected chi connectivity index (χ2v) is 5.35. The molecule has 0 radical (unpaired) electrons. The molecule has 2 N–H and O–H groups in total. The first-order valence-electron chi connectivity index (χ1n) is 7.20. The Labute approximate surface area is 123 Å². The highest BCUT2D eigenvalue weighted by Gasteiger charge is 2.17. The summed E-state index contributed by atoms with van der Waals surface area (Å²) in [6.45, 7) is 4.05. The van der Waals surface area contributed by atoms with Gasteiger partial charge in [-0.3, -0.25) is 14.5 Å². The number of aromatic nitrogens is 3. The van der Waals surface area contributed by atoms with Gasteiger partial charge in [-0.1, -0.05) is 0 Å². The number of carbonyl (C=O) groups is 1. The molecule has 1 fully saturated rings. The van der Waals surface area contributed by atoms with Crippen molar-refractivity contribution in [3.63, 3.8) is 0 Å². The van der Waals surface area contributed by atoms with Gasteiger partial charge in [0.05, 0.1) is 17.9 Å². The van der Waals surface area contributed by atoms with E-state index in [-0.39, 0.29) is 0 Å². The van der Waals surface area contributed by atoms with E-state index in [0.717, 1.165) is 37.2 Å². The van der Waals surface area contributed by atoms with Gasteiger partial charge in [0.1, 0.15) is 0 Å². The minimum Gasteiger partial charge on any atom is -0.337 e. The van der Waals surface area contributed by atoms with Gasteiger partial charge in [-0.05, 0) is 32.4 Å². The second-order valence-electron chi connectivity index (χ2n) is 5.35. The zero-order chi connectivity index (χ0) is 14.7. The van der Waals surface area contributed by atoms with Gasteiger partial charge in [-0.2, -0.15) is 5.10 Å². The van der Waals surface area contributed by atoms with E-state index in [1.807, 2.05) is 11.6 Å². The first-order chi connectivity index (χ1) is 10.3. The van der Waals surface area contributed by atoms with Crippen LogP contribution in [0.25, 0.3) is 0 Å². The molecule has 1 aliphatic rings. The van der Waals surface area contributed by atoms with Crippen molar-refractivity contribution in [2.24, 2.45) is 0 Å². The molecule has 1 atom stereocenters. The SMILES string of the molecule is Cc1cn(C2CCCNC2)nc1Nc1cnccc1C=O. The van der Waals surface area contributed by atoms with Gasteiger partial charge in [0.15, 0.2) is 12.1 Å². The molecule has 0 amide bonds. The summed E-state index contributed by atoms with van der Waals surface area (Å²) in [6, 6.07) is 2.08. The number of aldehydes is 1. The monoisotopic (exact) mass is 285 g/mol. The summed E-state index contributed by atoms with van der Waals surface area (Å²) < 4.78 is 2.01. The average molecular weight is 285 g/mol. The molecule has 1 aliphatic heterocycles. The van der Waals surface area contributed by atoms with E-state index in [1.54, 1.807) is 18.5 Å². The Balaban J connectivity index is 1.82. The van der Waals surface area contributed by atoms with E-state index in [1.165, 1.54) is 6.42 Å². The topological polar surface area (TPSA) is 71.8 Å². The van der Waals surface area contributed by atoms with E-state index < -0.39 is 0 Å². The van der Waals surface area contributed by atoms with Gasteiger partial charge < -0.3 is 10.6 Å². The van der Waals surface area contributed by atoms with E-state index in [9.17, 15) is 4.79 Å². The molecule has 6 nitrogen and oxygen atoms in total. The molecule has 0 saturated carbocycles. The van der Waals surface area contributed by atoms with Crippen LogP contribution in [-0.4, -0.2) is 34.1 Å². The Morgan fingerprint density at radius 1 is 1.52 bits per heavy atom. The maximum absolute atomic E-state index is 11.1. The number of hydrogen-bond donors (Lipinski definition) is 2. The molecule has 1 saturated heterocycles. The summed E-state index contributed by atoms with van der Waals surface area (Å²) in [5, 5.41) is 11.2. The number of nitrogens with zero attached hydrogens (tertiary/aromatic N) is 3. The van der Waals surface area contributed by atoms with E-state index in [4.69, 9.17) is 0 Å². The number of rotatable bonds is 4. The lowest BCUT2D eigenvalue weighted by molar-refractivity contribution is 0.112. The first-order valence-corrected chi connectivity index (χ1v) is 7.20. The smallest absolute Gasteiger partial charge is 0.155 e. The second kappa shape index (κ2) is 6.05. The molecular formula is C15H19N5O. The van der Waals surface area contributed by atoms with Gasteiger partial charge >= 0.3 is 0 Å². The van der Waals surface area contributed by atoms with E-state index >= 15 is 0 Å². The standard InChI is InChI=1S/C15H19N5O/c1-11-9-20(13-3-2-5-16-7-13)19-15(11)18-14-8-17-6-4-12(14)10-21/h4,6,8-10,13,16H,2-3,5,7H2,1H3,(H,18,19). The van der Waals surface area contributed by atoms with Gasteiger partial charge in [0.25, 0.3) is 0 Å². The third-order valence-electron chi connectivity index (χ3n) is 3.79. The summed E-state index contributed by atoms with van der Waals surface area (Å²) in [7, 11) is 0. The number of carbonyl (C=O) groups excluding carboxylic acids is 1. The quantitative estimate of drug-likeness (QED) is 0.841. The number of anilines is 2. The van der Waals surface area contributed by atoms with Crippen molar-refractivity contribution in [2.45, 2.75) is 25.8 Å². The van der Waals surface area contributed by atoms with Crippen LogP contribution in [-0.2, 0) is 0 Å². The van der Waals surface area contributed by atoms with Gasteiger partial charge in [0.2, 0.25) is 0 Å². The van der Waals surface area contributed by atoms with Gasteiger partial charge in [0, 0.05) is 30.1 Å². The largest absolute Gasteiger partial charge is 0.337 e. The van der Waals surface area contributed by atoms with Crippen molar-refractivity contribution >= 4 is 17.8 Å². The Kier molecular flexibility index (Phi) is 3.96. The van der Waals surface area contributed by atoms with Crippen LogP contribution in [0, 0.1) is 6.92 Å². The van der Waals surface area contributed by atoms with Crippen molar-refractivity contribution in [3.8, 4) is 0 Å². The third-order valence-corrected chi connectivity index (χ3v) is 3.79. The van der Waals surface area contributed by atoms with Crippen LogP contribution in [0.3, 0.4) is 0 Å².